The minimum Gasteiger partial charge on any atom is -0.362 e. The molecule has 0 bridgehead atoms. The summed E-state index contributed by atoms with van der Waals surface area (Å²) in [5.41, 5.74) is 0. The van der Waals surface area contributed by atoms with Crippen LogP contribution in [0.15, 0.2) is 0 Å². The molecule has 0 aromatic rings. The van der Waals surface area contributed by atoms with Crippen molar-refractivity contribution >= 4 is 0 Å². The lowest BCUT2D eigenvalue weighted by atomic mass is 10.2. The first-order chi connectivity index (χ1) is 4.59. The van der Waals surface area contributed by atoms with Crippen LogP contribution < -0.4 is 0 Å². The van der Waals surface area contributed by atoms with Crippen LogP contribution in [0, 0.1) is 0 Å². The fraction of sp³-hybridized carbons (Fsp3) is 1.00. The van der Waals surface area contributed by atoms with Gasteiger partial charge in [-0.3, -0.25) is 4.39 Å². The Morgan fingerprint density at radius 3 is 2.00 bits per heavy atom. The van der Waals surface area contributed by atoms with Crippen molar-refractivity contribution in [1.29, 1.82) is 0 Å². The van der Waals surface area contributed by atoms with Crippen LogP contribution in [0.2, 0.25) is 0 Å². The maximum Gasteiger partial charge on any atom is 0.230 e. The van der Waals surface area contributed by atoms with Gasteiger partial charge in [-0.05, 0) is 0 Å². The molecule has 3 unspecified atom stereocenters. The van der Waals surface area contributed by atoms with Crippen LogP contribution in [0.1, 0.15) is 6.42 Å². The number of alkyl halides is 4. The van der Waals surface area contributed by atoms with E-state index in [4.69, 9.17) is 5.11 Å². The van der Waals surface area contributed by atoms with Gasteiger partial charge < -0.3 is 5.11 Å². The molecule has 0 spiro atoms. The Morgan fingerprint density at radius 1 is 1.20 bits per heavy atom. The summed E-state index contributed by atoms with van der Waals surface area (Å²) in [7, 11) is 0. The van der Waals surface area contributed by atoms with E-state index in [2.05, 4.69) is 0 Å². The molecule has 0 rings (SSSR count). The van der Waals surface area contributed by atoms with Crippen molar-refractivity contribution in [1.82, 2.24) is 0 Å². The first-order valence-corrected chi connectivity index (χ1v) is 2.76. The predicted octanol–water partition coefficient (Wildman–Crippen LogP) is 1.31. The lowest BCUT2D eigenvalue weighted by molar-refractivity contribution is -0.0590. The molecule has 0 radical (unpaired) electrons. The highest BCUT2D eigenvalue weighted by atomic mass is 19.2. The van der Waals surface area contributed by atoms with E-state index in [1.165, 1.54) is 0 Å². The topological polar surface area (TPSA) is 20.2 Å². The maximum atomic E-state index is 12.0. The highest BCUT2D eigenvalue weighted by molar-refractivity contribution is 4.69. The van der Waals surface area contributed by atoms with Gasteiger partial charge >= 0.3 is 0 Å². The molecule has 1 nitrogen and oxygen atoms in total. The van der Waals surface area contributed by atoms with E-state index in [9.17, 15) is 17.6 Å². The van der Waals surface area contributed by atoms with Crippen LogP contribution in [-0.2, 0) is 0 Å². The zero-order valence-corrected chi connectivity index (χ0v) is 5.11. The van der Waals surface area contributed by atoms with E-state index in [0.29, 0.717) is 0 Å². The number of aliphatic hydroxyl groups is 1. The average molecular weight is 160 g/mol. The molecule has 62 valence electrons. The molecule has 3 atom stereocenters. The zero-order chi connectivity index (χ0) is 8.15. The number of aliphatic hydroxyl groups excluding tert-OH is 1. The van der Waals surface area contributed by atoms with E-state index in [1.807, 2.05) is 0 Å². The second-order valence-corrected chi connectivity index (χ2v) is 1.81. The van der Waals surface area contributed by atoms with Crippen LogP contribution in [0.25, 0.3) is 0 Å². The molecule has 0 saturated heterocycles. The first kappa shape index (κ1) is 9.68. The second kappa shape index (κ2) is 4.49. The Balaban J connectivity index is 3.58. The fourth-order valence-electron chi connectivity index (χ4n) is 0.436. The molecule has 5 heteroatoms. The SMILES string of the molecule is OC(F)C(F)C(F)CCF. The summed E-state index contributed by atoms with van der Waals surface area (Å²) in [4.78, 5) is 0. The fourth-order valence-corrected chi connectivity index (χ4v) is 0.436. The Morgan fingerprint density at radius 2 is 1.70 bits per heavy atom. The van der Waals surface area contributed by atoms with Crippen molar-refractivity contribution in [2.24, 2.45) is 0 Å². The molecule has 0 saturated carbocycles. The zero-order valence-electron chi connectivity index (χ0n) is 5.11. The molecule has 0 amide bonds. The molecule has 0 fully saturated rings. The molecule has 10 heavy (non-hydrogen) atoms. The van der Waals surface area contributed by atoms with E-state index < -0.39 is 31.8 Å². The van der Waals surface area contributed by atoms with E-state index in [0.717, 1.165) is 0 Å². The molecule has 0 aliphatic carbocycles. The summed E-state index contributed by atoms with van der Waals surface area (Å²) in [5, 5.41) is 7.81. The lowest BCUT2D eigenvalue weighted by Gasteiger charge is -2.11. The van der Waals surface area contributed by atoms with Gasteiger partial charge in [0, 0.05) is 6.42 Å². The number of halogens is 4. The van der Waals surface area contributed by atoms with Gasteiger partial charge in [0.15, 0.2) is 6.17 Å². The summed E-state index contributed by atoms with van der Waals surface area (Å²) in [6.07, 6.45) is -8.47. The molecule has 1 N–H and O–H groups in total. The van der Waals surface area contributed by atoms with E-state index >= 15 is 0 Å². The van der Waals surface area contributed by atoms with Gasteiger partial charge in [0.2, 0.25) is 6.36 Å². The average Bonchev–Trinajstić information content (AvgIpc) is 1.87. The van der Waals surface area contributed by atoms with Crippen molar-refractivity contribution in [3.63, 3.8) is 0 Å². The van der Waals surface area contributed by atoms with Crippen molar-refractivity contribution in [3.05, 3.63) is 0 Å². The van der Waals surface area contributed by atoms with Gasteiger partial charge in [-0.15, -0.1) is 0 Å². The lowest BCUT2D eigenvalue weighted by Crippen LogP contribution is -2.28. The minimum atomic E-state index is -2.86. The van der Waals surface area contributed by atoms with Crippen LogP contribution in [-0.4, -0.2) is 30.5 Å². The van der Waals surface area contributed by atoms with Crippen LogP contribution in [0.3, 0.4) is 0 Å². The Labute approximate surface area is 55.7 Å². The Hall–Kier alpha value is -0.320. The third kappa shape index (κ3) is 3.00. The van der Waals surface area contributed by atoms with Crippen LogP contribution in [0.4, 0.5) is 17.6 Å². The van der Waals surface area contributed by atoms with E-state index in [-0.39, 0.29) is 0 Å². The summed E-state index contributed by atoms with van der Waals surface area (Å²) >= 11 is 0. The second-order valence-electron chi connectivity index (χ2n) is 1.81. The Kier molecular flexibility index (Phi) is 4.34. The first-order valence-electron chi connectivity index (χ1n) is 2.76. The van der Waals surface area contributed by atoms with Crippen LogP contribution in [0.5, 0.6) is 0 Å². The molecule has 0 aromatic carbocycles. The standard InChI is InChI=1S/C5H8F4O/c6-2-1-3(7)4(8)5(9)10/h3-5,10H,1-2H2. The largest absolute Gasteiger partial charge is 0.362 e. The summed E-state index contributed by atoms with van der Waals surface area (Å²) < 4.78 is 46.7. The molecule has 0 aromatic heterocycles. The molecule has 0 aliphatic rings. The summed E-state index contributed by atoms with van der Waals surface area (Å²) in [6.45, 7) is -1.06. The van der Waals surface area contributed by atoms with Gasteiger partial charge in [0.25, 0.3) is 0 Å². The van der Waals surface area contributed by atoms with Crippen molar-refractivity contribution in [3.8, 4) is 0 Å². The van der Waals surface area contributed by atoms with Gasteiger partial charge in [0.1, 0.15) is 6.17 Å². The van der Waals surface area contributed by atoms with Gasteiger partial charge in [0.05, 0.1) is 6.67 Å². The highest BCUT2D eigenvalue weighted by Crippen LogP contribution is 2.12. The minimum absolute atomic E-state index is 0.720. The van der Waals surface area contributed by atoms with E-state index in [1.54, 1.807) is 0 Å². The smallest absolute Gasteiger partial charge is 0.230 e. The molecular weight excluding hydrogens is 152 g/mol. The van der Waals surface area contributed by atoms with Crippen molar-refractivity contribution < 1.29 is 22.7 Å². The summed E-state index contributed by atoms with van der Waals surface area (Å²) in [6, 6.07) is 0. The highest BCUT2D eigenvalue weighted by Gasteiger charge is 2.27. The normalized spacial score (nSPS) is 20.1. The van der Waals surface area contributed by atoms with Crippen molar-refractivity contribution in [2.45, 2.75) is 25.1 Å². The van der Waals surface area contributed by atoms with Gasteiger partial charge in [-0.25, -0.2) is 13.2 Å². The van der Waals surface area contributed by atoms with Crippen molar-refractivity contribution in [2.75, 3.05) is 6.67 Å². The summed E-state index contributed by atoms with van der Waals surface area (Å²) in [5.74, 6) is 0. The number of hydrogen-bond acceptors (Lipinski definition) is 1. The Bertz CT molecular complexity index is 87.7. The van der Waals surface area contributed by atoms with Gasteiger partial charge in [-0.1, -0.05) is 0 Å². The number of hydrogen-bond donors (Lipinski definition) is 1. The maximum absolute atomic E-state index is 12.0. The quantitative estimate of drug-likeness (QED) is 0.615. The monoisotopic (exact) mass is 160 g/mol. The molecule has 0 aliphatic heterocycles. The van der Waals surface area contributed by atoms with Gasteiger partial charge in [-0.2, -0.15) is 0 Å². The third-order valence-electron chi connectivity index (χ3n) is 0.993. The third-order valence-corrected chi connectivity index (χ3v) is 0.993. The molecular formula is C5H8F4O. The predicted molar refractivity (Wildman–Crippen MR) is 27.5 cm³/mol. The molecule has 0 heterocycles. The number of rotatable bonds is 4. The van der Waals surface area contributed by atoms with Crippen LogP contribution >= 0.6 is 0 Å².